The Morgan fingerprint density at radius 3 is 2.92 bits per heavy atom. The fourth-order valence-electron chi connectivity index (χ4n) is 2.52. The lowest BCUT2D eigenvalue weighted by Crippen LogP contribution is -2.38. The number of halogens is 1. The number of carbonyl (C=O) groups excluding carboxylic acids is 1. The molecule has 1 aliphatic rings. The van der Waals surface area contributed by atoms with E-state index in [-0.39, 0.29) is 34.4 Å². The summed E-state index contributed by atoms with van der Waals surface area (Å²) in [6, 6.07) is 6.77. The smallest absolute Gasteiger partial charge is 0.277 e. The van der Waals surface area contributed by atoms with Crippen LogP contribution in [0.2, 0.25) is 5.02 Å². The molecule has 1 aromatic carbocycles. The summed E-state index contributed by atoms with van der Waals surface area (Å²) in [4.78, 5) is 13.7. The molecule has 134 valence electrons. The number of thioether (sulfide) groups is 1. The third-order valence-corrected chi connectivity index (χ3v) is 6.74. The Morgan fingerprint density at radius 2 is 2.24 bits per heavy atom. The summed E-state index contributed by atoms with van der Waals surface area (Å²) in [5.74, 6) is 0.417. The molecule has 0 unspecified atom stereocenters. The van der Waals surface area contributed by atoms with Gasteiger partial charge in [0, 0.05) is 23.7 Å². The van der Waals surface area contributed by atoms with Crippen LogP contribution in [-0.4, -0.2) is 59.8 Å². The first-order valence-electron chi connectivity index (χ1n) is 7.52. The average Bonchev–Trinajstić information content (AvgIpc) is 3.18. The van der Waals surface area contributed by atoms with Crippen LogP contribution >= 0.6 is 23.4 Å². The second-order valence-corrected chi connectivity index (χ2v) is 9.33. The molecular formula is C15H16ClN3O4S2. The zero-order chi connectivity index (χ0) is 18.0. The van der Waals surface area contributed by atoms with Crippen molar-refractivity contribution in [1.82, 2.24) is 15.1 Å². The molecule has 1 fully saturated rings. The minimum absolute atomic E-state index is 0.0272. The van der Waals surface area contributed by atoms with Gasteiger partial charge >= 0.3 is 0 Å². The Kier molecular flexibility index (Phi) is 5.35. The third-order valence-electron chi connectivity index (χ3n) is 3.95. The van der Waals surface area contributed by atoms with Gasteiger partial charge in [-0.2, -0.15) is 0 Å². The molecule has 2 aromatic rings. The van der Waals surface area contributed by atoms with Crippen molar-refractivity contribution in [2.45, 2.75) is 17.7 Å². The SMILES string of the molecule is CN(C(=O)CSc1nnc(-c2cccc(Cl)c2)o1)[C@@H]1CCS(=O)(=O)C1. The van der Waals surface area contributed by atoms with Crippen molar-refractivity contribution in [1.29, 1.82) is 0 Å². The maximum absolute atomic E-state index is 12.2. The molecule has 10 heteroatoms. The van der Waals surface area contributed by atoms with E-state index in [0.29, 0.717) is 22.9 Å². The molecule has 1 atom stereocenters. The lowest BCUT2D eigenvalue weighted by Gasteiger charge is -2.22. The van der Waals surface area contributed by atoms with Gasteiger partial charge in [0.25, 0.3) is 5.22 Å². The molecule has 0 aliphatic carbocycles. The summed E-state index contributed by atoms with van der Waals surface area (Å²) in [6.45, 7) is 0. The zero-order valence-corrected chi connectivity index (χ0v) is 15.8. The second-order valence-electron chi connectivity index (χ2n) is 5.73. The number of aromatic nitrogens is 2. The van der Waals surface area contributed by atoms with Gasteiger partial charge in [0.05, 0.1) is 17.3 Å². The summed E-state index contributed by atoms with van der Waals surface area (Å²) in [5, 5.41) is 8.69. The molecule has 0 N–H and O–H groups in total. The third kappa shape index (κ3) is 4.53. The van der Waals surface area contributed by atoms with E-state index in [1.807, 2.05) is 0 Å². The van der Waals surface area contributed by atoms with Crippen molar-refractivity contribution >= 4 is 39.1 Å². The van der Waals surface area contributed by atoms with Crippen LogP contribution in [0.3, 0.4) is 0 Å². The summed E-state index contributed by atoms with van der Waals surface area (Å²) < 4.78 is 28.6. The van der Waals surface area contributed by atoms with E-state index >= 15 is 0 Å². The van der Waals surface area contributed by atoms with Gasteiger partial charge in [-0.3, -0.25) is 4.79 Å². The van der Waals surface area contributed by atoms with Gasteiger partial charge in [-0.15, -0.1) is 10.2 Å². The van der Waals surface area contributed by atoms with Crippen LogP contribution in [0.15, 0.2) is 33.9 Å². The van der Waals surface area contributed by atoms with Crippen LogP contribution < -0.4 is 0 Å². The van der Waals surface area contributed by atoms with Crippen LogP contribution in [0.1, 0.15) is 6.42 Å². The highest BCUT2D eigenvalue weighted by Gasteiger charge is 2.32. The minimum atomic E-state index is -3.02. The van der Waals surface area contributed by atoms with Crippen LogP contribution in [0, 0.1) is 0 Å². The van der Waals surface area contributed by atoms with Gasteiger partial charge in [0.2, 0.25) is 11.8 Å². The van der Waals surface area contributed by atoms with Crippen molar-refractivity contribution < 1.29 is 17.6 Å². The molecule has 1 amide bonds. The first-order chi connectivity index (χ1) is 11.8. The van der Waals surface area contributed by atoms with Gasteiger partial charge in [-0.25, -0.2) is 8.42 Å². The molecule has 0 spiro atoms. The highest BCUT2D eigenvalue weighted by molar-refractivity contribution is 7.99. The van der Waals surface area contributed by atoms with E-state index < -0.39 is 9.84 Å². The molecule has 0 saturated carbocycles. The summed E-state index contributed by atoms with van der Waals surface area (Å²) in [7, 11) is -1.40. The monoisotopic (exact) mass is 401 g/mol. The number of nitrogens with zero attached hydrogens (tertiary/aromatic N) is 3. The quantitative estimate of drug-likeness (QED) is 0.708. The largest absolute Gasteiger partial charge is 0.411 e. The Hall–Kier alpha value is -1.58. The molecular weight excluding hydrogens is 386 g/mol. The van der Waals surface area contributed by atoms with E-state index in [1.54, 1.807) is 31.3 Å². The van der Waals surface area contributed by atoms with E-state index in [4.69, 9.17) is 16.0 Å². The van der Waals surface area contributed by atoms with E-state index in [0.717, 1.165) is 11.8 Å². The zero-order valence-electron chi connectivity index (χ0n) is 13.4. The average molecular weight is 402 g/mol. The fourth-order valence-corrected chi connectivity index (χ4v) is 5.17. The fraction of sp³-hybridized carbons (Fsp3) is 0.400. The maximum Gasteiger partial charge on any atom is 0.277 e. The predicted molar refractivity (Wildman–Crippen MR) is 95.3 cm³/mol. The molecule has 3 rings (SSSR count). The number of amides is 1. The predicted octanol–water partition coefficient (Wildman–Crippen LogP) is 2.13. The molecule has 1 aromatic heterocycles. The number of hydrogen-bond acceptors (Lipinski definition) is 7. The first-order valence-corrected chi connectivity index (χ1v) is 10.7. The lowest BCUT2D eigenvalue weighted by molar-refractivity contribution is -0.128. The second kappa shape index (κ2) is 7.35. The number of sulfone groups is 1. The van der Waals surface area contributed by atoms with E-state index in [2.05, 4.69) is 10.2 Å². The number of benzene rings is 1. The standard InChI is InChI=1S/C15H16ClN3O4S2/c1-19(12-5-6-25(21,22)9-12)13(20)8-24-15-18-17-14(23-15)10-3-2-4-11(16)7-10/h2-4,7,12H,5-6,8-9H2,1H3/t12-/m1/s1. The minimum Gasteiger partial charge on any atom is -0.411 e. The van der Waals surface area contributed by atoms with Crippen molar-refractivity contribution in [3.05, 3.63) is 29.3 Å². The molecule has 25 heavy (non-hydrogen) atoms. The van der Waals surface area contributed by atoms with Crippen LogP contribution in [-0.2, 0) is 14.6 Å². The van der Waals surface area contributed by atoms with Crippen LogP contribution in [0.5, 0.6) is 0 Å². The summed E-state index contributed by atoms with van der Waals surface area (Å²) >= 11 is 7.05. The number of carbonyl (C=O) groups is 1. The summed E-state index contributed by atoms with van der Waals surface area (Å²) in [6.07, 6.45) is 0.481. The van der Waals surface area contributed by atoms with Crippen molar-refractivity contribution in [3.8, 4) is 11.5 Å². The van der Waals surface area contributed by atoms with Crippen molar-refractivity contribution in [2.24, 2.45) is 0 Å². The number of rotatable bonds is 5. The molecule has 1 aliphatic heterocycles. The molecule has 0 bridgehead atoms. The lowest BCUT2D eigenvalue weighted by atomic mass is 10.2. The Labute approximate surface area is 154 Å². The Bertz CT molecular complexity index is 884. The van der Waals surface area contributed by atoms with Gasteiger partial charge in [0.15, 0.2) is 9.84 Å². The molecule has 1 saturated heterocycles. The Balaban J connectivity index is 1.58. The van der Waals surface area contributed by atoms with Gasteiger partial charge in [0.1, 0.15) is 0 Å². The topological polar surface area (TPSA) is 93.4 Å². The Morgan fingerprint density at radius 1 is 1.44 bits per heavy atom. The molecule has 0 radical (unpaired) electrons. The first kappa shape index (κ1) is 18.2. The number of hydrogen-bond donors (Lipinski definition) is 0. The highest BCUT2D eigenvalue weighted by Crippen LogP contribution is 2.25. The van der Waals surface area contributed by atoms with E-state index in [9.17, 15) is 13.2 Å². The van der Waals surface area contributed by atoms with Crippen LogP contribution in [0.4, 0.5) is 0 Å². The molecule has 2 heterocycles. The maximum atomic E-state index is 12.2. The van der Waals surface area contributed by atoms with Gasteiger partial charge in [-0.05, 0) is 24.6 Å². The highest BCUT2D eigenvalue weighted by atomic mass is 35.5. The van der Waals surface area contributed by atoms with E-state index in [1.165, 1.54) is 4.90 Å². The van der Waals surface area contributed by atoms with Gasteiger partial charge < -0.3 is 9.32 Å². The van der Waals surface area contributed by atoms with Crippen molar-refractivity contribution in [3.63, 3.8) is 0 Å². The van der Waals surface area contributed by atoms with Crippen molar-refractivity contribution in [2.75, 3.05) is 24.3 Å². The van der Waals surface area contributed by atoms with Gasteiger partial charge in [-0.1, -0.05) is 29.4 Å². The summed E-state index contributed by atoms with van der Waals surface area (Å²) in [5.41, 5.74) is 0.700. The van der Waals surface area contributed by atoms with Crippen LogP contribution in [0.25, 0.3) is 11.5 Å². The molecule has 7 nitrogen and oxygen atoms in total. The normalized spacial score (nSPS) is 19.0.